The van der Waals surface area contributed by atoms with E-state index in [2.05, 4.69) is 33.0 Å². The summed E-state index contributed by atoms with van der Waals surface area (Å²) in [5.41, 5.74) is 7.49. The lowest BCUT2D eigenvalue weighted by atomic mass is 9.91. The van der Waals surface area contributed by atoms with Gasteiger partial charge in [0, 0.05) is 36.3 Å². The summed E-state index contributed by atoms with van der Waals surface area (Å²) in [4.78, 5) is 2.51. The quantitative estimate of drug-likeness (QED) is 0.764. The monoisotopic (exact) mass is 340 g/mol. The molecule has 0 amide bonds. The molecule has 1 saturated carbocycles. The van der Waals surface area contributed by atoms with Crippen molar-refractivity contribution in [1.82, 2.24) is 4.90 Å². The molecule has 0 heterocycles. The van der Waals surface area contributed by atoms with E-state index in [1.165, 1.54) is 24.8 Å². The summed E-state index contributed by atoms with van der Waals surface area (Å²) < 4.78 is 1.08. The van der Waals surface area contributed by atoms with Gasteiger partial charge in [0.25, 0.3) is 0 Å². The van der Waals surface area contributed by atoms with Crippen LogP contribution in [0, 0.1) is 0 Å². The normalized spacial score (nSPS) is 17.2. The second-order valence-corrected chi connectivity index (χ2v) is 6.56. The molecule has 3 nitrogen and oxygen atoms in total. The predicted octanol–water partition coefficient (Wildman–Crippen LogP) is 3.08. The smallest absolute Gasteiger partial charge is 0.0443 e. The minimum atomic E-state index is 0.0872. The van der Waals surface area contributed by atoms with Gasteiger partial charge in [0.15, 0.2) is 0 Å². The van der Waals surface area contributed by atoms with E-state index in [9.17, 15) is 0 Å². The van der Waals surface area contributed by atoms with Crippen LogP contribution in [-0.2, 0) is 0 Å². The molecule has 20 heavy (non-hydrogen) atoms. The number of benzene rings is 1. The van der Waals surface area contributed by atoms with Gasteiger partial charge in [0.1, 0.15) is 0 Å². The van der Waals surface area contributed by atoms with Crippen molar-refractivity contribution < 1.29 is 5.11 Å². The Morgan fingerprint density at radius 2 is 2.15 bits per heavy atom. The van der Waals surface area contributed by atoms with Crippen LogP contribution >= 0.6 is 15.9 Å². The van der Waals surface area contributed by atoms with Crippen LogP contribution in [0.2, 0.25) is 0 Å². The summed E-state index contributed by atoms with van der Waals surface area (Å²) in [6, 6.07) is 9.07. The van der Waals surface area contributed by atoms with E-state index in [0.29, 0.717) is 0 Å². The Bertz CT molecular complexity index is 409. The molecule has 2 rings (SSSR count). The molecule has 1 aromatic rings. The van der Waals surface area contributed by atoms with Crippen molar-refractivity contribution in [2.75, 3.05) is 19.7 Å². The zero-order chi connectivity index (χ0) is 14.4. The number of halogens is 1. The summed E-state index contributed by atoms with van der Waals surface area (Å²) >= 11 is 3.49. The molecule has 0 aromatic heterocycles. The van der Waals surface area contributed by atoms with Crippen LogP contribution in [0.1, 0.15) is 43.7 Å². The van der Waals surface area contributed by atoms with Gasteiger partial charge in [-0.1, -0.05) is 34.5 Å². The minimum Gasteiger partial charge on any atom is -0.396 e. The second-order valence-electron chi connectivity index (χ2n) is 5.65. The third-order valence-electron chi connectivity index (χ3n) is 4.20. The Balaban J connectivity index is 1.84. The fraction of sp³-hybridized carbons (Fsp3) is 0.625. The molecule has 0 saturated heterocycles. The van der Waals surface area contributed by atoms with Crippen LogP contribution in [0.5, 0.6) is 0 Å². The molecule has 1 aliphatic rings. The first-order valence-electron chi connectivity index (χ1n) is 7.56. The Morgan fingerprint density at radius 3 is 2.75 bits per heavy atom. The largest absolute Gasteiger partial charge is 0.396 e. The van der Waals surface area contributed by atoms with E-state index in [1.807, 2.05) is 12.1 Å². The molecule has 1 aliphatic carbocycles. The molecule has 3 N–H and O–H groups in total. The molecule has 1 atom stereocenters. The molecule has 1 unspecified atom stereocenters. The highest BCUT2D eigenvalue weighted by Crippen LogP contribution is 2.26. The number of hydrogen-bond acceptors (Lipinski definition) is 3. The number of aliphatic hydroxyl groups excluding tert-OH is 1. The minimum absolute atomic E-state index is 0.0872. The van der Waals surface area contributed by atoms with Crippen LogP contribution in [0.25, 0.3) is 0 Å². The fourth-order valence-corrected chi connectivity index (χ4v) is 3.13. The lowest BCUT2D eigenvalue weighted by molar-refractivity contribution is 0.113. The van der Waals surface area contributed by atoms with Crippen molar-refractivity contribution in [3.63, 3.8) is 0 Å². The Morgan fingerprint density at radius 1 is 1.35 bits per heavy atom. The maximum Gasteiger partial charge on any atom is 0.0443 e. The number of aliphatic hydroxyl groups is 1. The number of rotatable bonds is 8. The van der Waals surface area contributed by atoms with Crippen LogP contribution in [0.15, 0.2) is 28.7 Å². The van der Waals surface area contributed by atoms with Gasteiger partial charge in [-0.05, 0) is 43.4 Å². The van der Waals surface area contributed by atoms with Crippen LogP contribution in [0.3, 0.4) is 0 Å². The second kappa shape index (κ2) is 8.13. The highest BCUT2D eigenvalue weighted by Gasteiger charge is 2.24. The molecule has 0 bridgehead atoms. The third-order valence-corrected chi connectivity index (χ3v) is 4.69. The van der Waals surface area contributed by atoms with Crippen LogP contribution in [-0.4, -0.2) is 35.7 Å². The Kier molecular flexibility index (Phi) is 6.49. The number of nitrogens with two attached hydrogens (primary N) is 1. The maximum atomic E-state index is 9.02. The number of nitrogens with zero attached hydrogens (tertiary/aromatic N) is 1. The first-order valence-corrected chi connectivity index (χ1v) is 8.36. The van der Waals surface area contributed by atoms with Crippen molar-refractivity contribution in [2.45, 2.75) is 44.2 Å². The van der Waals surface area contributed by atoms with Crippen LogP contribution in [0.4, 0.5) is 0 Å². The lowest BCUT2D eigenvalue weighted by Gasteiger charge is -2.38. The molecule has 1 aromatic carbocycles. The highest BCUT2D eigenvalue weighted by atomic mass is 79.9. The first kappa shape index (κ1) is 16.0. The van der Waals surface area contributed by atoms with E-state index in [1.54, 1.807) is 0 Å². The summed E-state index contributed by atoms with van der Waals surface area (Å²) in [7, 11) is 0. The van der Waals surface area contributed by atoms with Gasteiger partial charge in [0.2, 0.25) is 0 Å². The summed E-state index contributed by atoms with van der Waals surface area (Å²) in [6.45, 7) is 2.30. The molecule has 1 fully saturated rings. The zero-order valence-electron chi connectivity index (χ0n) is 12.0. The van der Waals surface area contributed by atoms with Crippen molar-refractivity contribution >= 4 is 15.9 Å². The standard InChI is InChI=1S/C16H25BrN2O/c17-14-5-1-4-13(12-14)16(18)8-10-19(9-3-11-20)15-6-2-7-15/h1,4-5,12,15-16,20H,2-3,6-11,18H2. The lowest BCUT2D eigenvalue weighted by Crippen LogP contribution is -2.42. The van der Waals surface area contributed by atoms with Crippen molar-refractivity contribution in [3.05, 3.63) is 34.3 Å². The van der Waals surface area contributed by atoms with E-state index in [4.69, 9.17) is 10.8 Å². The summed E-state index contributed by atoms with van der Waals surface area (Å²) in [6.07, 6.45) is 5.79. The molecular weight excluding hydrogens is 316 g/mol. The molecular formula is C16H25BrN2O. The van der Waals surface area contributed by atoms with E-state index < -0.39 is 0 Å². The summed E-state index contributed by atoms with van der Waals surface area (Å²) in [5, 5.41) is 9.02. The SMILES string of the molecule is NC(CCN(CCCO)C1CCC1)c1cccc(Br)c1. The third kappa shape index (κ3) is 4.55. The van der Waals surface area contributed by atoms with Gasteiger partial charge >= 0.3 is 0 Å². The molecule has 0 radical (unpaired) electrons. The van der Waals surface area contributed by atoms with E-state index >= 15 is 0 Å². The predicted molar refractivity (Wildman–Crippen MR) is 86.6 cm³/mol. The van der Waals surface area contributed by atoms with Gasteiger partial charge in [-0.2, -0.15) is 0 Å². The highest BCUT2D eigenvalue weighted by molar-refractivity contribution is 9.10. The number of hydrogen-bond donors (Lipinski definition) is 2. The zero-order valence-corrected chi connectivity index (χ0v) is 13.6. The van der Waals surface area contributed by atoms with Crippen molar-refractivity contribution in [2.24, 2.45) is 5.73 Å². The summed E-state index contributed by atoms with van der Waals surface area (Å²) in [5.74, 6) is 0. The van der Waals surface area contributed by atoms with Gasteiger partial charge < -0.3 is 15.7 Å². The van der Waals surface area contributed by atoms with Crippen molar-refractivity contribution in [1.29, 1.82) is 0 Å². The average Bonchev–Trinajstić information content (AvgIpc) is 2.39. The molecule has 4 heteroatoms. The van der Waals surface area contributed by atoms with E-state index in [-0.39, 0.29) is 12.6 Å². The first-order chi connectivity index (χ1) is 9.70. The molecule has 0 spiro atoms. The topological polar surface area (TPSA) is 49.5 Å². The fourth-order valence-electron chi connectivity index (χ4n) is 2.71. The Hall–Kier alpha value is -0.420. The van der Waals surface area contributed by atoms with Gasteiger partial charge in [-0.3, -0.25) is 0 Å². The molecule has 112 valence electrons. The van der Waals surface area contributed by atoms with E-state index in [0.717, 1.165) is 36.4 Å². The van der Waals surface area contributed by atoms with Gasteiger partial charge in [-0.25, -0.2) is 0 Å². The van der Waals surface area contributed by atoms with Gasteiger partial charge in [-0.15, -0.1) is 0 Å². The van der Waals surface area contributed by atoms with Gasteiger partial charge in [0.05, 0.1) is 0 Å². The van der Waals surface area contributed by atoms with Crippen molar-refractivity contribution in [3.8, 4) is 0 Å². The molecule has 0 aliphatic heterocycles. The van der Waals surface area contributed by atoms with Crippen LogP contribution < -0.4 is 5.73 Å². The maximum absolute atomic E-state index is 9.02. The Labute approximate surface area is 130 Å². The average molecular weight is 341 g/mol.